The fourth-order valence-corrected chi connectivity index (χ4v) is 0.950. The van der Waals surface area contributed by atoms with E-state index in [1.54, 1.807) is 18.9 Å². The Morgan fingerprint density at radius 3 is 2.27 bits per heavy atom. The molecule has 0 bridgehead atoms. The van der Waals surface area contributed by atoms with Gasteiger partial charge in [0.25, 0.3) is 0 Å². The molecule has 1 unspecified atom stereocenters. The zero-order valence-corrected chi connectivity index (χ0v) is 7.24. The minimum atomic E-state index is -0.632. The zero-order valence-electron chi connectivity index (χ0n) is 7.24. The van der Waals surface area contributed by atoms with Crippen molar-refractivity contribution in [1.29, 1.82) is 0 Å². The van der Waals surface area contributed by atoms with E-state index in [0.29, 0.717) is 6.42 Å². The van der Waals surface area contributed by atoms with Crippen LogP contribution in [0.2, 0.25) is 0 Å². The number of carbonyl (C=O) groups is 1. The van der Waals surface area contributed by atoms with Crippen LogP contribution in [-0.2, 0) is 4.79 Å². The lowest BCUT2D eigenvalue weighted by molar-refractivity contribution is -0.126. The number of carbonyl (C=O) groups excluding carboxylic acids is 1. The second-order valence-electron chi connectivity index (χ2n) is 2.62. The van der Waals surface area contributed by atoms with E-state index in [1.165, 1.54) is 0 Å². The summed E-state index contributed by atoms with van der Waals surface area (Å²) in [6.45, 7) is 3.46. The SMILES string of the molecule is CC[C@@H](C(N)=O)N(C)C(C)O. The summed E-state index contributed by atoms with van der Waals surface area (Å²) in [6.07, 6.45) is -0.0102. The van der Waals surface area contributed by atoms with E-state index < -0.39 is 12.1 Å². The molecule has 0 saturated carbocycles. The molecule has 66 valence electrons. The molecule has 0 rings (SSSR count). The third-order valence-electron chi connectivity index (χ3n) is 1.80. The average Bonchev–Trinajstić information content (AvgIpc) is 1.88. The summed E-state index contributed by atoms with van der Waals surface area (Å²) >= 11 is 0. The topological polar surface area (TPSA) is 66.6 Å². The smallest absolute Gasteiger partial charge is 0.234 e. The van der Waals surface area contributed by atoms with Gasteiger partial charge in [-0.2, -0.15) is 0 Å². The Hall–Kier alpha value is -0.610. The van der Waals surface area contributed by atoms with E-state index in [4.69, 9.17) is 10.8 Å². The van der Waals surface area contributed by atoms with Crippen molar-refractivity contribution >= 4 is 5.91 Å². The lowest BCUT2D eigenvalue weighted by Gasteiger charge is -2.26. The Labute approximate surface area is 67.0 Å². The second-order valence-corrected chi connectivity index (χ2v) is 2.62. The van der Waals surface area contributed by atoms with Crippen LogP contribution in [-0.4, -0.2) is 35.2 Å². The first kappa shape index (κ1) is 10.4. The molecule has 0 saturated heterocycles. The number of amides is 1. The maximum absolute atomic E-state index is 10.7. The fraction of sp³-hybridized carbons (Fsp3) is 0.857. The molecular weight excluding hydrogens is 144 g/mol. The molecule has 3 N–H and O–H groups in total. The van der Waals surface area contributed by atoms with Crippen molar-refractivity contribution in [3.05, 3.63) is 0 Å². The minimum Gasteiger partial charge on any atom is -0.379 e. The van der Waals surface area contributed by atoms with Gasteiger partial charge in [-0.15, -0.1) is 0 Å². The molecule has 0 aliphatic rings. The van der Waals surface area contributed by atoms with Crippen molar-refractivity contribution in [2.24, 2.45) is 5.73 Å². The predicted octanol–water partition coefficient (Wildman–Crippen LogP) is -0.480. The Bertz CT molecular complexity index is 136. The van der Waals surface area contributed by atoms with E-state index in [2.05, 4.69) is 0 Å². The summed E-state index contributed by atoms with van der Waals surface area (Å²) in [7, 11) is 1.67. The van der Waals surface area contributed by atoms with Gasteiger partial charge < -0.3 is 10.8 Å². The molecule has 0 aromatic rings. The van der Waals surface area contributed by atoms with Crippen molar-refractivity contribution < 1.29 is 9.90 Å². The summed E-state index contributed by atoms with van der Waals surface area (Å²) in [6, 6.07) is -0.366. The van der Waals surface area contributed by atoms with Crippen molar-refractivity contribution in [2.75, 3.05) is 7.05 Å². The molecule has 0 aliphatic heterocycles. The zero-order chi connectivity index (χ0) is 9.02. The maximum atomic E-state index is 10.7. The Balaban J connectivity index is 4.14. The molecule has 0 radical (unpaired) electrons. The highest BCUT2D eigenvalue weighted by Crippen LogP contribution is 2.03. The van der Waals surface area contributed by atoms with Gasteiger partial charge in [-0.25, -0.2) is 0 Å². The van der Waals surface area contributed by atoms with Crippen LogP contribution < -0.4 is 5.73 Å². The van der Waals surface area contributed by atoms with Crippen LogP contribution in [0.25, 0.3) is 0 Å². The van der Waals surface area contributed by atoms with Gasteiger partial charge >= 0.3 is 0 Å². The summed E-state index contributed by atoms with van der Waals surface area (Å²) in [4.78, 5) is 12.3. The molecule has 0 aliphatic carbocycles. The number of nitrogens with zero attached hydrogens (tertiary/aromatic N) is 1. The molecule has 2 atom stereocenters. The Morgan fingerprint density at radius 1 is 1.73 bits per heavy atom. The van der Waals surface area contributed by atoms with Crippen molar-refractivity contribution in [1.82, 2.24) is 4.90 Å². The molecule has 11 heavy (non-hydrogen) atoms. The highest BCUT2D eigenvalue weighted by molar-refractivity contribution is 5.79. The van der Waals surface area contributed by atoms with Crippen LogP contribution in [0.1, 0.15) is 20.3 Å². The first-order valence-electron chi connectivity index (χ1n) is 3.70. The van der Waals surface area contributed by atoms with Crippen LogP contribution in [0, 0.1) is 0 Å². The summed E-state index contributed by atoms with van der Waals surface area (Å²) in [5.41, 5.74) is 5.09. The lowest BCUT2D eigenvalue weighted by atomic mass is 10.2. The second kappa shape index (κ2) is 4.31. The van der Waals surface area contributed by atoms with Crippen LogP contribution in [0.15, 0.2) is 0 Å². The van der Waals surface area contributed by atoms with Gasteiger partial charge in [-0.05, 0) is 20.4 Å². The first-order valence-corrected chi connectivity index (χ1v) is 3.70. The van der Waals surface area contributed by atoms with Crippen LogP contribution in [0.4, 0.5) is 0 Å². The number of hydrogen-bond acceptors (Lipinski definition) is 3. The summed E-state index contributed by atoms with van der Waals surface area (Å²) in [5.74, 6) is -0.393. The lowest BCUT2D eigenvalue weighted by Crippen LogP contribution is -2.46. The number of rotatable bonds is 4. The standard InChI is InChI=1S/C7H16N2O2/c1-4-6(7(8)11)9(3)5(2)10/h5-6,10H,4H2,1-3H3,(H2,8,11)/t5?,6-/m0/s1. The van der Waals surface area contributed by atoms with Gasteiger partial charge in [0.05, 0.1) is 6.04 Å². The quantitative estimate of drug-likeness (QED) is 0.546. The number of nitrogens with two attached hydrogens (primary N) is 1. The van der Waals surface area contributed by atoms with Gasteiger partial charge in [0.2, 0.25) is 5.91 Å². The van der Waals surface area contributed by atoms with E-state index in [1.807, 2.05) is 6.92 Å². The van der Waals surface area contributed by atoms with Crippen LogP contribution in [0.5, 0.6) is 0 Å². The number of likely N-dealkylation sites (N-methyl/N-ethyl adjacent to an activating group) is 1. The maximum Gasteiger partial charge on any atom is 0.234 e. The molecule has 0 aromatic heterocycles. The summed E-state index contributed by atoms with van der Waals surface area (Å²) in [5, 5.41) is 9.09. The molecule has 1 amide bonds. The van der Waals surface area contributed by atoms with Crippen molar-refractivity contribution in [2.45, 2.75) is 32.5 Å². The van der Waals surface area contributed by atoms with E-state index >= 15 is 0 Å². The fourth-order valence-electron chi connectivity index (χ4n) is 0.950. The number of primary amides is 1. The molecular formula is C7H16N2O2. The van der Waals surface area contributed by atoms with Gasteiger partial charge in [-0.1, -0.05) is 6.92 Å². The predicted molar refractivity (Wildman–Crippen MR) is 42.7 cm³/mol. The number of aliphatic hydroxyl groups is 1. The van der Waals surface area contributed by atoms with Gasteiger partial charge in [0, 0.05) is 0 Å². The average molecular weight is 160 g/mol. The monoisotopic (exact) mass is 160 g/mol. The third kappa shape index (κ3) is 2.86. The van der Waals surface area contributed by atoms with Gasteiger partial charge in [-0.3, -0.25) is 9.69 Å². The Kier molecular flexibility index (Phi) is 4.07. The number of hydrogen-bond donors (Lipinski definition) is 2. The normalized spacial score (nSPS) is 16.5. The van der Waals surface area contributed by atoms with E-state index in [9.17, 15) is 4.79 Å². The highest BCUT2D eigenvalue weighted by Gasteiger charge is 2.20. The summed E-state index contributed by atoms with van der Waals surface area (Å²) < 4.78 is 0. The Morgan fingerprint density at radius 2 is 2.18 bits per heavy atom. The molecule has 4 nitrogen and oxygen atoms in total. The molecule has 4 heteroatoms. The highest BCUT2D eigenvalue weighted by atomic mass is 16.3. The first-order chi connectivity index (χ1) is 5.00. The van der Waals surface area contributed by atoms with Gasteiger partial charge in [0.15, 0.2) is 0 Å². The van der Waals surface area contributed by atoms with E-state index in [-0.39, 0.29) is 6.04 Å². The van der Waals surface area contributed by atoms with Crippen molar-refractivity contribution in [3.8, 4) is 0 Å². The molecule has 0 aromatic carbocycles. The van der Waals surface area contributed by atoms with Crippen LogP contribution in [0.3, 0.4) is 0 Å². The van der Waals surface area contributed by atoms with Gasteiger partial charge in [0.1, 0.15) is 6.23 Å². The van der Waals surface area contributed by atoms with Crippen LogP contribution >= 0.6 is 0 Å². The molecule has 0 fully saturated rings. The molecule has 0 heterocycles. The molecule has 0 spiro atoms. The largest absolute Gasteiger partial charge is 0.379 e. The minimum absolute atomic E-state index is 0.366. The third-order valence-corrected chi connectivity index (χ3v) is 1.80. The van der Waals surface area contributed by atoms with E-state index in [0.717, 1.165) is 0 Å². The van der Waals surface area contributed by atoms with Crippen molar-refractivity contribution in [3.63, 3.8) is 0 Å². The number of aliphatic hydroxyl groups excluding tert-OH is 1.